The van der Waals surface area contributed by atoms with E-state index >= 15 is 0 Å². The number of hydrogen-bond acceptors (Lipinski definition) is 5. The Morgan fingerprint density at radius 1 is 1.50 bits per heavy atom. The summed E-state index contributed by atoms with van der Waals surface area (Å²) in [6.45, 7) is 3.02. The second-order valence-corrected chi connectivity index (χ2v) is 5.06. The lowest BCUT2D eigenvalue weighted by Gasteiger charge is -2.38. The number of aliphatic hydroxyl groups is 1. The molecule has 1 aliphatic rings. The Hall–Kier alpha value is -1.82. The van der Waals surface area contributed by atoms with Gasteiger partial charge in [-0.15, -0.1) is 0 Å². The first kappa shape index (κ1) is 12.6. The molecule has 1 aromatic rings. The highest BCUT2D eigenvalue weighted by Gasteiger charge is 2.29. The fourth-order valence-electron chi connectivity index (χ4n) is 2.35. The number of hydrogen-bond donors (Lipinski definition) is 2. The molecule has 0 radical (unpaired) electrons. The molecule has 1 atom stereocenters. The van der Waals surface area contributed by atoms with E-state index in [9.17, 15) is 15.2 Å². The number of benzene rings is 1. The predicted octanol–water partition coefficient (Wildman–Crippen LogP) is 1.53. The maximum absolute atomic E-state index is 10.8. The molecular weight excluding hydrogens is 234 g/mol. The van der Waals surface area contributed by atoms with Crippen molar-refractivity contribution in [2.24, 2.45) is 0 Å². The highest BCUT2D eigenvalue weighted by molar-refractivity contribution is 5.63. The van der Waals surface area contributed by atoms with Gasteiger partial charge in [0.1, 0.15) is 0 Å². The van der Waals surface area contributed by atoms with E-state index in [2.05, 4.69) is 0 Å². The summed E-state index contributed by atoms with van der Waals surface area (Å²) in [6.07, 6.45) is 1.60. The number of nitro groups is 1. The summed E-state index contributed by atoms with van der Waals surface area (Å²) in [6, 6.07) is 4.54. The molecule has 6 heteroatoms. The van der Waals surface area contributed by atoms with Crippen LogP contribution in [0.3, 0.4) is 0 Å². The minimum Gasteiger partial charge on any atom is -0.398 e. The van der Waals surface area contributed by atoms with Crippen molar-refractivity contribution in [3.8, 4) is 0 Å². The first-order valence-electron chi connectivity index (χ1n) is 5.90. The SMILES string of the molecule is CC1(O)CCCN(c2cc(N)cc([N+](=O)[O-])c2)C1. The van der Waals surface area contributed by atoms with Crippen molar-refractivity contribution in [1.29, 1.82) is 0 Å². The highest BCUT2D eigenvalue weighted by atomic mass is 16.6. The average Bonchev–Trinajstić information content (AvgIpc) is 2.26. The van der Waals surface area contributed by atoms with Crippen LogP contribution in [0.1, 0.15) is 19.8 Å². The molecule has 0 spiro atoms. The molecule has 0 amide bonds. The Morgan fingerprint density at radius 2 is 2.22 bits per heavy atom. The maximum atomic E-state index is 10.8. The van der Waals surface area contributed by atoms with Gasteiger partial charge in [0, 0.05) is 36.6 Å². The highest BCUT2D eigenvalue weighted by Crippen LogP contribution is 2.30. The molecule has 0 bridgehead atoms. The molecule has 1 saturated heterocycles. The molecule has 98 valence electrons. The molecule has 6 nitrogen and oxygen atoms in total. The van der Waals surface area contributed by atoms with Gasteiger partial charge in [-0.1, -0.05) is 0 Å². The summed E-state index contributed by atoms with van der Waals surface area (Å²) in [5, 5.41) is 20.8. The monoisotopic (exact) mass is 251 g/mol. The minimum absolute atomic E-state index is 0.0183. The van der Waals surface area contributed by atoms with E-state index < -0.39 is 10.5 Å². The smallest absolute Gasteiger partial charge is 0.273 e. The Balaban J connectivity index is 2.30. The van der Waals surface area contributed by atoms with Crippen LogP contribution >= 0.6 is 0 Å². The lowest BCUT2D eigenvalue weighted by molar-refractivity contribution is -0.384. The molecule has 0 aliphatic carbocycles. The van der Waals surface area contributed by atoms with Crippen molar-refractivity contribution >= 4 is 17.1 Å². The van der Waals surface area contributed by atoms with E-state index in [-0.39, 0.29) is 5.69 Å². The van der Waals surface area contributed by atoms with Gasteiger partial charge >= 0.3 is 0 Å². The second kappa shape index (κ2) is 4.45. The standard InChI is InChI=1S/C12H17N3O3/c1-12(16)3-2-4-14(8-12)10-5-9(13)6-11(7-10)15(17)18/h5-7,16H,2-4,8,13H2,1H3. The Bertz CT molecular complexity index is 474. The summed E-state index contributed by atoms with van der Waals surface area (Å²) in [5.74, 6) is 0. The summed E-state index contributed by atoms with van der Waals surface area (Å²) in [5.41, 5.74) is 5.97. The third-order valence-electron chi connectivity index (χ3n) is 3.18. The molecule has 2 rings (SSSR count). The van der Waals surface area contributed by atoms with Crippen LogP contribution in [0.5, 0.6) is 0 Å². The van der Waals surface area contributed by atoms with Crippen molar-refractivity contribution in [2.45, 2.75) is 25.4 Å². The van der Waals surface area contributed by atoms with Crippen molar-refractivity contribution in [1.82, 2.24) is 0 Å². The Morgan fingerprint density at radius 3 is 2.83 bits per heavy atom. The van der Waals surface area contributed by atoms with Gasteiger partial charge in [-0.3, -0.25) is 10.1 Å². The third-order valence-corrected chi connectivity index (χ3v) is 3.18. The van der Waals surface area contributed by atoms with E-state index in [1.807, 2.05) is 4.90 Å². The zero-order valence-electron chi connectivity index (χ0n) is 10.3. The molecular formula is C12H17N3O3. The van der Waals surface area contributed by atoms with Crippen LogP contribution in [-0.4, -0.2) is 28.7 Å². The number of nitrogen functional groups attached to an aromatic ring is 1. The molecule has 1 unspecified atom stereocenters. The van der Waals surface area contributed by atoms with Crippen LogP contribution < -0.4 is 10.6 Å². The van der Waals surface area contributed by atoms with Gasteiger partial charge in [0.15, 0.2) is 0 Å². The number of piperidine rings is 1. The van der Waals surface area contributed by atoms with Crippen LogP contribution in [0.2, 0.25) is 0 Å². The molecule has 0 saturated carbocycles. The molecule has 18 heavy (non-hydrogen) atoms. The van der Waals surface area contributed by atoms with Crippen LogP contribution in [0.4, 0.5) is 17.1 Å². The Kier molecular flexibility index (Phi) is 3.13. The summed E-state index contributed by atoms with van der Waals surface area (Å²) in [7, 11) is 0. The zero-order valence-corrected chi connectivity index (χ0v) is 10.3. The Labute approximate surface area is 105 Å². The fourth-order valence-corrected chi connectivity index (χ4v) is 2.35. The van der Waals surface area contributed by atoms with Crippen molar-refractivity contribution < 1.29 is 10.0 Å². The normalized spacial score (nSPS) is 24.0. The summed E-state index contributed by atoms with van der Waals surface area (Å²) in [4.78, 5) is 12.3. The van der Waals surface area contributed by atoms with Crippen molar-refractivity contribution in [3.05, 3.63) is 28.3 Å². The van der Waals surface area contributed by atoms with Gasteiger partial charge in [0.05, 0.1) is 10.5 Å². The number of nitrogens with zero attached hydrogens (tertiary/aromatic N) is 2. The van der Waals surface area contributed by atoms with Gasteiger partial charge in [0.2, 0.25) is 0 Å². The van der Waals surface area contributed by atoms with Gasteiger partial charge in [-0.2, -0.15) is 0 Å². The first-order valence-corrected chi connectivity index (χ1v) is 5.90. The number of anilines is 2. The van der Waals surface area contributed by atoms with Crippen molar-refractivity contribution in [3.63, 3.8) is 0 Å². The van der Waals surface area contributed by atoms with E-state index in [0.717, 1.165) is 19.4 Å². The summed E-state index contributed by atoms with van der Waals surface area (Å²) >= 11 is 0. The first-order chi connectivity index (χ1) is 8.37. The molecule has 1 aliphatic heterocycles. The van der Waals surface area contributed by atoms with Crippen LogP contribution in [0, 0.1) is 10.1 Å². The van der Waals surface area contributed by atoms with E-state index in [1.54, 1.807) is 13.0 Å². The largest absolute Gasteiger partial charge is 0.398 e. The van der Waals surface area contributed by atoms with Crippen LogP contribution in [0.15, 0.2) is 18.2 Å². The fraction of sp³-hybridized carbons (Fsp3) is 0.500. The number of nitrogens with two attached hydrogens (primary N) is 1. The molecule has 1 heterocycles. The van der Waals surface area contributed by atoms with Crippen LogP contribution in [0.25, 0.3) is 0 Å². The van der Waals surface area contributed by atoms with Crippen LogP contribution in [-0.2, 0) is 0 Å². The molecule has 1 aromatic carbocycles. The van der Waals surface area contributed by atoms with Gasteiger partial charge in [0.25, 0.3) is 5.69 Å². The number of β-amino-alcohol motifs (C(OH)–C–C–N with tert-alkyl or cyclic N) is 1. The van der Waals surface area contributed by atoms with Gasteiger partial charge in [-0.25, -0.2) is 0 Å². The summed E-state index contributed by atoms with van der Waals surface area (Å²) < 4.78 is 0. The third kappa shape index (κ3) is 2.70. The lowest BCUT2D eigenvalue weighted by Crippen LogP contribution is -2.46. The molecule has 0 aromatic heterocycles. The topological polar surface area (TPSA) is 92.6 Å². The number of non-ortho nitro benzene ring substituents is 1. The second-order valence-electron chi connectivity index (χ2n) is 5.06. The van der Waals surface area contributed by atoms with E-state index in [1.165, 1.54) is 12.1 Å². The quantitative estimate of drug-likeness (QED) is 0.472. The number of rotatable bonds is 2. The molecule has 1 fully saturated rings. The van der Waals surface area contributed by atoms with E-state index in [4.69, 9.17) is 5.73 Å². The maximum Gasteiger partial charge on any atom is 0.273 e. The van der Waals surface area contributed by atoms with Crippen molar-refractivity contribution in [2.75, 3.05) is 23.7 Å². The average molecular weight is 251 g/mol. The van der Waals surface area contributed by atoms with Gasteiger partial charge in [-0.05, 0) is 25.8 Å². The predicted molar refractivity (Wildman–Crippen MR) is 69.6 cm³/mol. The number of nitro benzene ring substituents is 1. The molecule has 3 N–H and O–H groups in total. The van der Waals surface area contributed by atoms with Gasteiger partial charge < -0.3 is 15.7 Å². The lowest BCUT2D eigenvalue weighted by atomic mass is 9.94. The minimum atomic E-state index is -0.752. The zero-order chi connectivity index (χ0) is 13.3. The van der Waals surface area contributed by atoms with E-state index in [0.29, 0.717) is 17.9 Å².